The summed E-state index contributed by atoms with van der Waals surface area (Å²) >= 11 is 2.26. The van der Waals surface area contributed by atoms with Crippen molar-refractivity contribution in [2.45, 2.75) is 12.8 Å². The molecule has 1 aliphatic rings. The lowest BCUT2D eigenvalue weighted by molar-refractivity contribution is -0.118. The van der Waals surface area contributed by atoms with E-state index in [1.165, 1.54) is 9.13 Å². The van der Waals surface area contributed by atoms with Crippen molar-refractivity contribution < 1.29 is 4.79 Å². The van der Waals surface area contributed by atoms with Gasteiger partial charge >= 0.3 is 0 Å². The number of nitrogens with zero attached hydrogens (tertiary/aromatic N) is 1. The Labute approximate surface area is 91.1 Å². The third kappa shape index (κ3) is 1.57. The van der Waals surface area contributed by atoms with Crippen LogP contribution in [0.25, 0.3) is 0 Å². The van der Waals surface area contributed by atoms with Gasteiger partial charge in [-0.05, 0) is 46.7 Å². The summed E-state index contributed by atoms with van der Waals surface area (Å²) in [6, 6.07) is 6.26. The lowest BCUT2D eigenvalue weighted by Crippen LogP contribution is -2.31. The Morgan fingerprint density at radius 2 is 2.15 bits per heavy atom. The zero-order chi connectivity index (χ0) is 9.42. The van der Waals surface area contributed by atoms with Crippen molar-refractivity contribution in [3.05, 3.63) is 27.3 Å². The van der Waals surface area contributed by atoms with Gasteiger partial charge in [0.1, 0.15) is 0 Å². The second-order valence-corrected chi connectivity index (χ2v) is 4.47. The van der Waals surface area contributed by atoms with Crippen molar-refractivity contribution >= 4 is 34.2 Å². The number of hydrogen-bond acceptors (Lipinski definition) is 1. The van der Waals surface area contributed by atoms with Crippen molar-refractivity contribution in [3.63, 3.8) is 0 Å². The first-order valence-corrected chi connectivity index (χ1v) is 5.31. The first kappa shape index (κ1) is 8.99. The lowest BCUT2D eigenvalue weighted by Gasteiger charge is -2.25. The van der Waals surface area contributed by atoms with Crippen LogP contribution < -0.4 is 4.90 Å². The predicted octanol–water partition coefficient (Wildman–Crippen LogP) is 2.20. The van der Waals surface area contributed by atoms with E-state index >= 15 is 0 Å². The monoisotopic (exact) mass is 287 g/mol. The van der Waals surface area contributed by atoms with Gasteiger partial charge in [-0.15, -0.1) is 0 Å². The molecular formula is C10H10INO. The summed E-state index contributed by atoms with van der Waals surface area (Å²) < 4.78 is 1.18. The molecule has 0 fully saturated rings. The highest BCUT2D eigenvalue weighted by molar-refractivity contribution is 14.1. The first-order chi connectivity index (χ1) is 6.18. The molecular weight excluding hydrogens is 277 g/mol. The summed E-state index contributed by atoms with van der Waals surface area (Å²) in [5.74, 6) is 0.217. The van der Waals surface area contributed by atoms with Gasteiger partial charge in [-0.2, -0.15) is 0 Å². The second kappa shape index (κ2) is 3.29. The van der Waals surface area contributed by atoms with Crippen LogP contribution in [0.15, 0.2) is 18.2 Å². The van der Waals surface area contributed by atoms with Crippen molar-refractivity contribution in [2.24, 2.45) is 0 Å². The maximum atomic E-state index is 11.4. The molecule has 0 saturated carbocycles. The molecule has 68 valence electrons. The smallest absolute Gasteiger partial charge is 0.227 e. The van der Waals surface area contributed by atoms with Crippen LogP contribution in [-0.4, -0.2) is 13.0 Å². The highest BCUT2D eigenvalue weighted by Crippen LogP contribution is 2.27. The minimum atomic E-state index is 0.217. The molecule has 1 heterocycles. The van der Waals surface area contributed by atoms with Crippen LogP contribution in [0, 0.1) is 3.57 Å². The largest absolute Gasteiger partial charge is 0.315 e. The molecule has 0 radical (unpaired) electrons. The number of fused-ring (bicyclic) bond motifs is 1. The van der Waals surface area contributed by atoms with E-state index in [1.54, 1.807) is 4.90 Å². The fourth-order valence-electron chi connectivity index (χ4n) is 1.60. The molecule has 0 bridgehead atoms. The van der Waals surface area contributed by atoms with E-state index in [1.807, 2.05) is 7.05 Å². The minimum Gasteiger partial charge on any atom is -0.315 e. The Balaban J connectivity index is 2.51. The average molecular weight is 287 g/mol. The number of anilines is 1. The molecule has 1 aliphatic heterocycles. The number of hydrogen-bond donors (Lipinski definition) is 0. The summed E-state index contributed by atoms with van der Waals surface area (Å²) in [7, 11) is 1.84. The number of aryl methyl sites for hydroxylation is 1. The molecule has 0 aromatic heterocycles. The van der Waals surface area contributed by atoms with E-state index in [9.17, 15) is 4.79 Å². The lowest BCUT2D eigenvalue weighted by atomic mass is 10.0. The van der Waals surface area contributed by atoms with Gasteiger partial charge in [-0.1, -0.05) is 6.07 Å². The molecule has 3 heteroatoms. The van der Waals surface area contributed by atoms with E-state index in [-0.39, 0.29) is 5.91 Å². The maximum absolute atomic E-state index is 11.4. The zero-order valence-electron chi connectivity index (χ0n) is 7.38. The fraction of sp³-hybridized carbons (Fsp3) is 0.300. The predicted molar refractivity (Wildman–Crippen MR) is 60.9 cm³/mol. The molecule has 2 rings (SSSR count). The van der Waals surface area contributed by atoms with Gasteiger partial charge in [0, 0.05) is 22.7 Å². The third-order valence-corrected chi connectivity index (χ3v) is 3.06. The van der Waals surface area contributed by atoms with Crippen molar-refractivity contribution in [1.29, 1.82) is 0 Å². The van der Waals surface area contributed by atoms with E-state index in [0.717, 1.165) is 12.1 Å². The number of benzene rings is 1. The van der Waals surface area contributed by atoms with E-state index in [2.05, 4.69) is 40.8 Å². The molecule has 2 nitrogen and oxygen atoms in total. The van der Waals surface area contributed by atoms with E-state index < -0.39 is 0 Å². The summed E-state index contributed by atoms with van der Waals surface area (Å²) in [4.78, 5) is 13.1. The SMILES string of the molecule is CN1C(=O)CCc2ccc(I)cc21. The quantitative estimate of drug-likeness (QED) is 0.670. The van der Waals surface area contributed by atoms with Crippen molar-refractivity contribution in [2.75, 3.05) is 11.9 Å². The minimum absolute atomic E-state index is 0.217. The summed E-state index contributed by atoms with van der Waals surface area (Å²) in [6.07, 6.45) is 1.53. The van der Waals surface area contributed by atoms with Crippen LogP contribution in [0.4, 0.5) is 5.69 Å². The normalized spacial score (nSPS) is 15.8. The van der Waals surface area contributed by atoms with Gasteiger partial charge in [-0.3, -0.25) is 4.79 Å². The van der Waals surface area contributed by atoms with Crippen LogP contribution in [0.1, 0.15) is 12.0 Å². The molecule has 0 spiro atoms. The van der Waals surface area contributed by atoms with Gasteiger partial charge in [0.15, 0.2) is 0 Å². The van der Waals surface area contributed by atoms with Crippen LogP contribution >= 0.6 is 22.6 Å². The molecule has 1 aromatic rings. The van der Waals surface area contributed by atoms with E-state index in [4.69, 9.17) is 0 Å². The topological polar surface area (TPSA) is 20.3 Å². The summed E-state index contributed by atoms with van der Waals surface area (Å²) in [5.41, 5.74) is 2.35. The Kier molecular flexibility index (Phi) is 2.27. The Morgan fingerprint density at radius 1 is 1.38 bits per heavy atom. The number of carbonyl (C=O) groups excluding carboxylic acids is 1. The summed E-state index contributed by atoms with van der Waals surface area (Å²) in [5, 5.41) is 0. The Hall–Kier alpha value is -0.580. The number of halogens is 1. The van der Waals surface area contributed by atoms with Crippen LogP contribution in [-0.2, 0) is 11.2 Å². The number of amides is 1. The standard InChI is InChI=1S/C10H10INO/c1-12-9-6-8(11)4-2-7(9)3-5-10(12)13/h2,4,6H,3,5H2,1H3. The van der Waals surface area contributed by atoms with Gasteiger partial charge in [0.2, 0.25) is 5.91 Å². The van der Waals surface area contributed by atoms with Crippen LogP contribution in [0.3, 0.4) is 0 Å². The molecule has 0 atom stereocenters. The average Bonchev–Trinajstić information content (AvgIpc) is 2.12. The fourth-order valence-corrected chi connectivity index (χ4v) is 2.08. The van der Waals surface area contributed by atoms with Gasteiger partial charge < -0.3 is 4.90 Å². The highest BCUT2D eigenvalue weighted by Gasteiger charge is 2.20. The van der Waals surface area contributed by atoms with E-state index in [0.29, 0.717) is 6.42 Å². The van der Waals surface area contributed by atoms with Gasteiger partial charge in [-0.25, -0.2) is 0 Å². The van der Waals surface area contributed by atoms with Crippen molar-refractivity contribution in [1.82, 2.24) is 0 Å². The summed E-state index contributed by atoms with van der Waals surface area (Å²) in [6.45, 7) is 0. The van der Waals surface area contributed by atoms with Crippen LogP contribution in [0.2, 0.25) is 0 Å². The Bertz CT molecular complexity index is 362. The molecule has 1 amide bonds. The second-order valence-electron chi connectivity index (χ2n) is 3.23. The van der Waals surface area contributed by atoms with Crippen molar-refractivity contribution in [3.8, 4) is 0 Å². The molecule has 0 aliphatic carbocycles. The van der Waals surface area contributed by atoms with Gasteiger partial charge in [0.25, 0.3) is 0 Å². The molecule has 0 saturated heterocycles. The molecule has 0 unspecified atom stereocenters. The molecule has 0 N–H and O–H groups in total. The first-order valence-electron chi connectivity index (χ1n) is 4.23. The zero-order valence-corrected chi connectivity index (χ0v) is 9.54. The van der Waals surface area contributed by atoms with Gasteiger partial charge in [0.05, 0.1) is 0 Å². The van der Waals surface area contributed by atoms with Crippen LogP contribution in [0.5, 0.6) is 0 Å². The molecule has 1 aromatic carbocycles. The number of rotatable bonds is 0. The maximum Gasteiger partial charge on any atom is 0.227 e. The third-order valence-electron chi connectivity index (χ3n) is 2.39. The molecule has 13 heavy (non-hydrogen) atoms. The number of carbonyl (C=O) groups is 1. The highest BCUT2D eigenvalue weighted by atomic mass is 127. The Morgan fingerprint density at radius 3 is 2.92 bits per heavy atom.